The van der Waals surface area contributed by atoms with Gasteiger partial charge in [-0.05, 0) is 19.1 Å². The van der Waals surface area contributed by atoms with Crippen LogP contribution in [-0.4, -0.2) is 25.7 Å². The van der Waals surface area contributed by atoms with Crippen LogP contribution in [-0.2, 0) is 0 Å². The molecule has 1 N–H and O–H groups in total. The smallest absolute Gasteiger partial charge is 0.356 e. The SMILES string of the molecule is Cc1ccc2c(C(=O)O)nc(-c3ccccc3)n2n1. The van der Waals surface area contributed by atoms with E-state index in [1.54, 1.807) is 16.6 Å². The summed E-state index contributed by atoms with van der Waals surface area (Å²) >= 11 is 0. The van der Waals surface area contributed by atoms with E-state index in [1.807, 2.05) is 37.3 Å². The first-order chi connectivity index (χ1) is 9.16. The predicted octanol–water partition coefficient (Wildman–Crippen LogP) is 2.40. The Morgan fingerprint density at radius 1 is 1.16 bits per heavy atom. The highest BCUT2D eigenvalue weighted by Gasteiger charge is 2.18. The van der Waals surface area contributed by atoms with Crippen LogP contribution in [0, 0.1) is 6.92 Å². The second-order valence-corrected chi connectivity index (χ2v) is 4.23. The number of hydrogen-bond acceptors (Lipinski definition) is 3. The highest BCUT2D eigenvalue weighted by atomic mass is 16.4. The predicted molar refractivity (Wildman–Crippen MR) is 70.1 cm³/mol. The third-order valence-electron chi connectivity index (χ3n) is 2.86. The number of hydrogen-bond donors (Lipinski definition) is 1. The van der Waals surface area contributed by atoms with Crippen LogP contribution in [0.4, 0.5) is 0 Å². The van der Waals surface area contributed by atoms with E-state index in [4.69, 9.17) is 0 Å². The van der Waals surface area contributed by atoms with Crippen molar-refractivity contribution in [2.75, 3.05) is 0 Å². The first-order valence-corrected chi connectivity index (χ1v) is 5.82. The van der Waals surface area contributed by atoms with Gasteiger partial charge in [-0.2, -0.15) is 5.10 Å². The molecule has 94 valence electrons. The molecule has 0 radical (unpaired) electrons. The lowest BCUT2D eigenvalue weighted by atomic mass is 10.2. The molecule has 0 amide bonds. The van der Waals surface area contributed by atoms with Gasteiger partial charge in [0, 0.05) is 5.56 Å². The largest absolute Gasteiger partial charge is 0.476 e. The van der Waals surface area contributed by atoms with Crippen molar-refractivity contribution in [1.82, 2.24) is 14.6 Å². The van der Waals surface area contributed by atoms with Gasteiger partial charge in [0.2, 0.25) is 0 Å². The number of aromatic nitrogens is 3. The minimum atomic E-state index is -1.05. The van der Waals surface area contributed by atoms with Crippen LogP contribution in [0.2, 0.25) is 0 Å². The maximum absolute atomic E-state index is 11.2. The summed E-state index contributed by atoms with van der Waals surface area (Å²) in [6.07, 6.45) is 0. The lowest BCUT2D eigenvalue weighted by molar-refractivity contribution is 0.0693. The number of nitrogens with zero attached hydrogens (tertiary/aromatic N) is 3. The van der Waals surface area contributed by atoms with Gasteiger partial charge in [-0.15, -0.1) is 0 Å². The molecule has 1 aromatic carbocycles. The molecule has 19 heavy (non-hydrogen) atoms. The van der Waals surface area contributed by atoms with Gasteiger partial charge in [0.1, 0.15) is 5.52 Å². The van der Waals surface area contributed by atoms with Gasteiger partial charge < -0.3 is 5.11 Å². The minimum Gasteiger partial charge on any atom is -0.476 e. The van der Waals surface area contributed by atoms with Crippen LogP contribution in [0.1, 0.15) is 16.2 Å². The standard InChI is InChI=1S/C14H11N3O2/c1-9-7-8-11-12(14(18)19)15-13(17(11)16-9)10-5-3-2-4-6-10/h2-8H,1H3,(H,18,19). The molecule has 5 heteroatoms. The number of aryl methyl sites for hydroxylation is 1. The minimum absolute atomic E-state index is 0.0198. The third kappa shape index (κ3) is 1.85. The van der Waals surface area contributed by atoms with Gasteiger partial charge in [-0.3, -0.25) is 0 Å². The van der Waals surface area contributed by atoms with Gasteiger partial charge in [0.25, 0.3) is 0 Å². The average molecular weight is 253 g/mol. The topological polar surface area (TPSA) is 67.5 Å². The molecule has 0 saturated heterocycles. The number of benzene rings is 1. The zero-order valence-electron chi connectivity index (χ0n) is 10.2. The molecule has 0 spiro atoms. The van der Waals surface area contributed by atoms with Crippen molar-refractivity contribution in [3.63, 3.8) is 0 Å². The molecule has 2 heterocycles. The van der Waals surface area contributed by atoms with E-state index in [0.717, 1.165) is 11.3 Å². The summed E-state index contributed by atoms with van der Waals surface area (Å²) in [5, 5.41) is 13.6. The summed E-state index contributed by atoms with van der Waals surface area (Å²) in [6, 6.07) is 12.9. The number of carboxylic acid groups (broad SMARTS) is 1. The van der Waals surface area contributed by atoms with Gasteiger partial charge in [0.05, 0.1) is 5.69 Å². The van der Waals surface area contributed by atoms with Crippen LogP contribution in [0.3, 0.4) is 0 Å². The van der Waals surface area contributed by atoms with Crippen LogP contribution >= 0.6 is 0 Å². The van der Waals surface area contributed by atoms with E-state index in [2.05, 4.69) is 10.1 Å². The van der Waals surface area contributed by atoms with E-state index in [9.17, 15) is 9.90 Å². The fourth-order valence-corrected chi connectivity index (χ4v) is 2.00. The van der Waals surface area contributed by atoms with Crippen molar-refractivity contribution in [2.24, 2.45) is 0 Å². The Balaban J connectivity index is 2.36. The number of carbonyl (C=O) groups is 1. The molecule has 0 aliphatic rings. The molecule has 0 aliphatic heterocycles. The molecule has 0 aliphatic carbocycles. The maximum atomic E-state index is 11.2. The maximum Gasteiger partial charge on any atom is 0.356 e. The molecular formula is C14H11N3O2. The molecular weight excluding hydrogens is 242 g/mol. The average Bonchev–Trinajstić information content (AvgIpc) is 2.78. The number of aromatic carboxylic acids is 1. The summed E-state index contributed by atoms with van der Waals surface area (Å²) < 4.78 is 1.58. The fourth-order valence-electron chi connectivity index (χ4n) is 2.00. The molecule has 0 saturated carbocycles. The van der Waals surface area contributed by atoms with E-state index in [1.165, 1.54) is 0 Å². The summed E-state index contributed by atoms with van der Waals surface area (Å²) in [4.78, 5) is 15.4. The second-order valence-electron chi connectivity index (χ2n) is 4.23. The van der Waals surface area contributed by atoms with Gasteiger partial charge in [-0.25, -0.2) is 14.3 Å². The van der Waals surface area contributed by atoms with Crippen molar-refractivity contribution in [1.29, 1.82) is 0 Å². The second kappa shape index (κ2) is 4.20. The Labute approximate surface area is 109 Å². The first-order valence-electron chi connectivity index (χ1n) is 5.82. The zero-order valence-corrected chi connectivity index (χ0v) is 10.2. The van der Waals surface area contributed by atoms with Crippen molar-refractivity contribution in [3.8, 4) is 11.4 Å². The van der Waals surface area contributed by atoms with E-state index < -0.39 is 5.97 Å². The molecule has 2 aromatic heterocycles. The first kappa shape index (κ1) is 11.4. The van der Waals surface area contributed by atoms with Crippen molar-refractivity contribution < 1.29 is 9.90 Å². The van der Waals surface area contributed by atoms with Gasteiger partial charge in [-0.1, -0.05) is 30.3 Å². The molecule has 0 bridgehead atoms. The Morgan fingerprint density at radius 2 is 1.89 bits per heavy atom. The molecule has 0 atom stereocenters. The molecule has 3 aromatic rings. The molecule has 3 rings (SSSR count). The Hall–Kier alpha value is -2.69. The van der Waals surface area contributed by atoms with E-state index in [-0.39, 0.29) is 5.69 Å². The zero-order chi connectivity index (χ0) is 13.4. The van der Waals surface area contributed by atoms with Crippen LogP contribution in [0.5, 0.6) is 0 Å². The lowest BCUT2D eigenvalue weighted by Gasteiger charge is -2.00. The Kier molecular flexibility index (Phi) is 2.52. The Bertz CT molecular complexity index is 763. The molecule has 0 unspecified atom stereocenters. The fraction of sp³-hybridized carbons (Fsp3) is 0.0714. The number of carboxylic acids is 1. The lowest BCUT2D eigenvalue weighted by Crippen LogP contribution is -1.99. The highest BCUT2D eigenvalue weighted by Crippen LogP contribution is 2.21. The summed E-state index contributed by atoms with van der Waals surface area (Å²) in [6.45, 7) is 1.86. The highest BCUT2D eigenvalue weighted by molar-refractivity contribution is 5.94. The quantitative estimate of drug-likeness (QED) is 0.761. The van der Waals surface area contributed by atoms with E-state index in [0.29, 0.717) is 11.3 Å². The van der Waals surface area contributed by atoms with Crippen molar-refractivity contribution in [3.05, 3.63) is 53.9 Å². The number of fused-ring (bicyclic) bond motifs is 1. The summed E-state index contributed by atoms with van der Waals surface area (Å²) in [7, 11) is 0. The number of imidazole rings is 1. The van der Waals surface area contributed by atoms with Crippen LogP contribution in [0.15, 0.2) is 42.5 Å². The Morgan fingerprint density at radius 3 is 2.58 bits per heavy atom. The van der Waals surface area contributed by atoms with Gasteiger partial charge in [0.15, 0.2) is 11.5 Å². The van der Waals surface area contributed by atoms with Crippen molar-refractivity contribution >= 4 is 11.5 Å². The monoisotopic (exact) mass is 253 g/mol. The summed E-state index contributed by atoms with van der Waals surface area (Å²) in [5.74, 6) is -0.512. The molecule has 0 fully saturated rings. The normalized spacial score (nSPS) is 10.8. The van der Waals surface area contributed by atoms with Crippen LogP contribution in [0.25, 0.3) is 16.9 Å². The molecule has 5 nitrogen and oxygen atoms in total. The van der Waals surface area contributed by atoms with E-state index >= 15 is 0 Å². The summed E-state index contributed by atoms with van der Waals surface area (Å²) in [5.41, 5.74) is 2.16. The van der Waals surface area contributed by atoms with Crippen LogP contribution < -0.4 is 0 Å². The van der Waals surface area contributed by atoms with Gasteiger partial charge >= 0.3 is 5.97 Å². The third-order valence-corrected chi connectivity index (χ3v) is 2.86. The van der Waals surface area contributed by atoms with Crippen molar-refractivity contribution in [2.45, 2.75) is 6.92 Å². The number of rotatable bonds is 2.